The summed E-state index contributed by atoms with van der Waals surface area (Å²) in [4.78, 5) is 38.1. The second kappa shape index (κ2) is 62.9. The number of allylic oxidation sites excluding steroid dienone is 16. The van der Waals surface area contributed by atoms with E-state index in [1.54, 1.807) is 0 Å². The van der Waals surface area contributed by atoms with Gasteiger partial charge in [-0.15, -0.1) is 0 Å². The maximum Gasteiger partial charge on any atom is 0.306 e. The Bertz CT molecular complexity index is 1480. The van der Waals surface area contributed by atoms with E-state index in [2.05, 4.69) is 118 Å². The van der Waals surface area contributed by atoms with Crippen molar-refractivity contribution in [2.45, 2.75) is 309 Å². The van der Waals surface area contributed by atoms with Gasteiger partial charge in [-0.25, -0.2) is 0 Å². The van der Waals surface area contributed by atoms with E-state index in [9.17, 15) is 14.4 Å². The van der Waals surface area contributed by atoms with Gasteiger partial charge in [0.05, 0.1) is 0 Å². The standard InChI is InChI=1S/C69H118O6/c1-4-7-10-13-16-19-22-24-26-27-28-29-30-31-32-33-34-35-36-37-38-39-40-41-42-43-44-46-47-50-53-56-59-62-68(71)74-65-66(64-73-67(70)61-58-55-52-49-21-18-15-12-9-6-3)75-69(72)63-60-57-54-51-48-45-25-23-20-17-14-11-8-5-2/h7,10,12,15-16,19,23-26,28-29,31-32,34-35,66H,4-6,8-9,11,13-14,17-18,20-22,27,30,33,36-65H2,1-3H3/b10-7-,15-12-,19-16-,25-23-,26-24-,29-28-,32-31-,35-34-. The Hall–Kier alpha value is -3.67. The second-order valence-corrected chi connectivity index (χ2v) is 20.9. The van der Waals surface area contributed by atoms with Crippen LogP contribution in [0.25, 0.3) is 0 Å². The first-order valence-corrected chi connectivity index (χ1v) is 31.7. The molecule has 1 atom stereocenters. The molecule has 0 aromatic carbocycles. The molecular weight excluding hydrogens is 925 g/mol. The van der Waals surface area contributed by atoms with Crippen molar-refractivity contribution in [2.75, 3.05) is 13.2 Å². The van der Waals surface area contributed by atoms with Gasteiger partial charge in [-0.3, -0.25) is 14.4 Å². The maximum absolute atomic E-state index is 12.8. The van der Waals surface area contributed by atoms with Crippen molar-refractivity contribution in [1.29, 1.82) is 0 Å². The molecule has 0 aromatic heterocycles. The van der Waals surface area contributed by atoms with Crippen LogP contribution in [0.5, 0.6) is 0 Å². The van der Waals surface area contributed by atoms with E-state index < -0.39 is 6.10 Å². The summed E-state index contributed by atoms with van der Waals surface area (Å²) < 4.78 is 16.8. The summed E-state index contributed by atoms with van der Waals surface area (Å²) >= 11 is 0. The zero-order chi connectivity index (χ0) is 54.3. The molecule has 0 N–H and O–H groups in total. The van der Waals surface area contributed by atoms with Gasteiger partial charge >= 0.3 is 17.9 Å². The number of rotatable bonds is 57. The van der Waals surface area contributed by atoms with Crippen LogP contribution in [-0.2, 0) is 28.6 Å². The summed E-state index contributed by atoms with van der Waals surface area (Å²) in [6.45, 7) is 6.46. The van der Waals surface area contributed by atoms with E-state index in [0.29, 0.717) is 19.3 Å². The molecule has 0 saturated heterocycles. The van der Waals surface area contributed by atoms with Gasteiger partial charge in [-0.2, -0.15) is 0 Å². The van der Waals surface area contributed by atoms with Crippen molar-refractivity contribution in [3.63, 3.8) is 0 Å². The van der Waals surface area contributed by atoms with E-state index >= 15 is 0 Å². The van der Waals surface area contributed by atoms with Crippen LogP contribution in [0, 0.1) is 0 Å². The van der Waals surface area contributed by atoms with Crippen LogP contribution in [0.2, 0.25) is 0 Å². The van der Waals surface area contributed by atoms with E-state index in [4.69, 9.17) is 14.2 Å². The molecule has 75 heavy (non-hydrogen) atoms. The first-order valence-electron chi connectivity index (χ1n) is 31.7. The van der Waals surface area contributed by atoms with Crippen LogP contribution < -0.4 is 0 Å². The molecule has 6 nitrogen and oxygen atoms in total. The van der Waals surface area contributed by atoms with Gasteiger partial charge in [0.25, 0.3) is 0 Å². The molecule has 1 unspecified atom stereocenters. The molecule has 0 aliphatic rings. The summed E-state index contributed by atoms with van der Waals surface area (Å²) in [5.74, 6) is -0.895. The van der Waals surface area contributed by atoms with E-state index in [1.165, 1.54) is 141 Å². The third-order valence-corrected chi connectivity index (χ3v) is 13.5. The molecule has 0 saturated carbocycles. The Kier molecular flexibility index (Phi) is 59.8. The molecule has 0 heterocycles. The predicted octanol–water partition coefficient (Wildman–Crippen LogP) is 21.7. The van der Waals surface area contributed by atoms with Gasteiger partial charge in [-0.1, -0.05) is 266 Å². The van der Waals surface area contributed by atoms with Crippen molar-refractivity contribution in [2.24, 2.45) is 0 Å². The topological polar surface area (TPSA) is 78.9 Å². The van der Waals surface area contributed by atoms with Gasteiger partial charge < -0.3 is 14.2 Å². The second-order valence-electron chi connectivity index (χ2n) is 20.9. The zero-order valence-electron chi connectivity index (χ0n) is 49.3. The van der Waals surface area contributed by atoms with E-state index in [0.717, 1.165) is 122 Å². The van der Waals surface area contributed by atoms with Crippen molar-refractivity contribution in [1.82, 2.24) is 0 Å². The highest BCUT2D eigenvalue weighted by molar-refractivity contribution is 5.71. The molecule has 0 amide bonds. The smallest absolute Gasteiger partial charge is 0.306 e. The Balaban J connectivity index is 4.12. The van der Waals surface area contributed by atoms with Crippen LogP contribution >= 0.6 is 0 Å². The minimum Gasteiger partial charge on any atom is -0.462 e. The van der Waals surface area contributed by atoms with Crippen LogP contribution in [0.15, 0.2) is 97.2 Å². The maximum atomic E-state index is 12.8. The first kappa shape index (κ1) is 71.3. The number of hydrogen-bond acceptors (Lipinski definition) is 6. The monoisotopic (exact) mass is 1040 g/mol. The normalized spacial score (nSPS) is 12.7. The average molecular weight is 1040 g/mol. The fourth-order valence-electron chi connectivity index (χ4n) is 8.80. The Morgan fingerprint density at radius 2 is 0.547 bits per heavy atom. The molecule has 0 aromatic rings. The molecule has 0 fully saturated rings. The summed E-state index contributed by atoms with van der Waals surface area (Å²) in [6, 6.07) is 0. The minimum atomic E-state index is -0.783. The summed E-state index contributed by atoms with van der Waals surface area (Å²) in [5, 5.41) is 0. The molecule has 0 bridgehead atoms. The number of unbranched alkanes of at least 4 members (excludes halogenated alkanes) is 30. The third kappa shape index (κ3) is 61.1. The fraction of sp³-hybridized carbons (Fsp3) is 0.725. The molecular formula is C69H118O6. The fourth-order valence-corrected chi connectivity index (χ4v) is 8.80. The quantitative estimate of drug-likeness (QED) is 0.0261. The van der Waals surface area contributed by atoms with Crippen LogP contribution in [0.1, 0.15) is 303 Å². The molecule has 6 heteroatoms. The van der Waals surface area contributed by atoms with Crippen molar-refractivity contribution >= 4 is 17.9 Å². The lowest BCUT2D eigenvalue weighted by Crippen LogP contribution is -2.30. The number of esters is 3. The van der Waals surface area contributed by atoms with Crippen LogP contribution in [0.4, 0.5) is 0 Å². The number of ether oxygens (including phenoxy) is 3. The first-order chi connectivity index (χ1) is 37.0. The Morgan fingerprint density at radius 3 is 0.880 bits per heavy atom. The predicted molar refractivity (Wildman–Crippen MR) is 325 cm³/mol. The largest absolute Gasteiger partial charge is 0.462 e. The van der Waals surface area contributed by atoms with E-state index in [-0.39, 0.29) is 31.1 Å². The van der Waals surface area contributed by atoms with Gasteiger partial charge in [0, 0.05) is 19.3 Å². The highest BCUT2D eigenvalue weighted by Gasteiger charge is 2.19. The SMILES string of the molecule is CC/C=C\C/C=C\C/C=C\C/C=C\C/C=C\C/C=C\CCCCCCCCCCCCCCCCC(=O)OCC(COC(=O)CCCCCCC/C=C\CCC)OC(=O)CCCCCCC/C=C\CCCCCCC. The summed E-state index contributed by atoms with van der Waals surface area (Å²) in [5.41, 5.74) is 0. The van der Waals surface area contributed by atoms with Gasteiger partial charge in [-0.05, 0) is 116 Å². The zero-order valence-corrected chi connectivity index (χ0v) is 49.3. The van der Waals surface area contributed by atoms with E-state index in [1.807, 2.05) is 0 Å². The van der Waals surface area contributed by atoms with Crippen molar-refractivity contribution in [3.05, 3.63) is 97.2 Å². The lowest BCUT2D eigenvalue weighted by atomic mass is 10.0. The molecule has 0 aliphatic heterocycles. The Labute approximate surface area is 464 Å². The van der Waals surface area contributed by atoms with Crippen LogP contribution in [0.3, 0.4) is 0 Å². The van der Waals surface area contributed by atoms with Crippen molar-refractivity contribution < 1.29 is 28.6 Å². The lowest BCUT2D eigenvalue weighted by molar-refractivity contribution is -0.167. The average Bonchev–Trinajstić information content (AvgIpc) is 3.41. The number of carbonyl (C=O) groups is 3. The van der Waals surface area contributed by atoms with Gasteiger partial charge in [0.1, 0.15) is 13.2 Å². The van der Waals surface area contributed by atoms with Gasteiger partial charge in [0.15, 0.2) is 6.10 Å². The Morgan fingerprint density at radius 1 is 0.280 bits per heavy atom. The minimum absolute atomic E-state index is 0.0815. The summed E-state index contributed by atoms with van der Waals surface area (Å²) in [6.07, 6.45) is 84.3. The molecule has 0 rings (SSSR count). The number of hydrogen-bond donors (Lipinski definition) is 0. The molecule has 0 aliphatic carbocycles. The third-order valence-electron chi connectivity index (χ3n) is 13.5. The lowest BCUT2D eigenvalue weighted by Gasteiger charge is -2.18. The molecule has 430 valence electrons. The van der Waals surface area contributed by atoms with Gasteiger partial charge in [0.2, 0.25) is 0 Å². The highest BCUT2D eigenvalue weighted by Crippen LogP contribution is 2.16. The van der Waals surface area contributed by atoms with Crippen molar-refractivity contribution in [3.8, 4) is 0 Å². The molecule has 0 radical (unpaired) electrons. The van der Waals surface area contributed by atoms with Crippen LogP contribution in [-0.4, -0.2) is 37.2 Å². The summed E-state index contributed by atoms with van der Waals surface area (Å²) in [7, 11) is 0. The molecule has 0 spiro atoms. The highest BCUT2D eigenvalue weighted by atomic mass is 16.6. The number of carbonyl (C=O) groups excluding carboxylic acids is 3.